The molecule has 0 N–H and O–H groups in total. The van der Waals surface area contributed by atoms with Crippen LogP contribution in [0.4, 0.5) is 26.3 Å². The summed E-state index contributed by atoms with van der Waals surface area (Å²) in [5.74, 6) is -1.13. The third-order valence-corrected chi connectivity index (χ3v) is 8.41. The van der Waals surface area contributed by atoms with Gasteiger partial charge in [-0.3, -0.25) is 0 Å². The van der Waals surface area contributed by atoms with Gasteiger partial charge in [-0.1, -0.05) is 144 Å². The molecule has 5 rings (SSSR count). The third kappa shape index (κ3) is 10.5. The molecule has 4 aromatic carbocycles. The van der Waals surface area contributed by atoms with E-state index in [9.17, 15) is 26.3 Å². The van der Waals surface area contributed by atoms with Gasteiger partial charge in [0.15, 0.2) is 26.0 Å². The number of hydrogen-bond donors (Lipinski definition) is 0. The van der Waals surface area contributed by atoms with Crippen LogP contribution >= 0.6 is 0 Å². The van der Waals surface area contributed by atoms with Crippen molar-refractivity contribution in [2.45, 2.75) is 54.1 Å². The summed E-state index contributed by atoms with van der Waals surface area (Å²) in [6.07, 6.45) is -2.22. The van der Waals surface area contributed by atoms with E-state index in [-0.39, 0.29) is 21.7 Å². The van der Waals surface area contributed by atoms with Crippen LogP contribution in [0.2, 0.25) is 0 Å². The molecule has 0 aromatic heterocycles. The molecule has 0 unspecified atom stereocenters. The van der Waals surface area contributed by atoms with Crippen molar-refractivity contribution >= 4 is 20.2 Å². The second-order valence-corrected chi connectivity index (χ2v) is 14.0. The van der Waals surface area contributed by atoms with Crippen LogP contribution in [0.3, 0.4) is 0 Å². The molecule has 2 atom stereocenters. The quantitative estimate of drug-likeness (QED) is 0.119. The van der Waals surface area contributed by atoms with E-state index in [4.69, 9.17) is 35.4 Å². The summed E-state index contributed by atoms with van der Waals surface area (Å²) in [7, 11) is -12.2. The second kappa shape index (κ2) is 16.9. The summed E-state index contributed by atoms with van der Waals surface area (Å²) < 4.78 is 131. The zero-order valence-electron chi connectivity index (χ0n) is 26.9. The van der Waals surface area contributed by atoms with Crippen LogP contribution in [0.15, 0.2) is 121 Å². The Morgan fingerprint density at radius 3 is 0.827 bits per heavy atom. The van der Waals surface area contributed by atoms with Crippen LogP contribution in [0.5, 0.6) is 0 Å². The number of benzene rings is 4. The van der Waals surface area contributed by atoms with E-state index in [0.717, 1.165) is 0 Å². The molecule has 52 heavy (non-hydrogen) atoms. The standard InChI is InChI=1S/C31H28O4.2CHF3O3S.Ti/c1-29(2)34-27(30(32,23-15-7-3-8-16-23)24-17-9-4-10-18-24)28(35-29)31(33,25-19-11-5-12-20-25)26-21-13-6-14-22-26;2*2-1(3,4)8(5,6)7;/h3-22,27-28H,1-2H3;2*(H,5,6,7);/q-2;;;+4/p-2/t27-,28-;;;/m1.../s1. The first-order valence-electron chi connectivity index (χ1n) is 14.4. The van der Waals surface area contributed by atoms with Crippen molar-refractivity contribution < 1.29 is 93.7 Å². The molecule has 1 fully saturated rings. The van der Waals surface area contributed by atoms with Crippen molar-refractivity contribution in [2.24, 2.45) is 0 Å². The second-order valence-electron chi connectivity index (χ2n) is 11.2. The largest absolute Gasteiger partial charge is 4.00 e. The van der Waals surface area contributed by atoms with Gasteiger partial charge in [-0.25, -0.2) is 16.8 Å². The maximum Gasteiger partial charge on any atom is 4.00 e. The van der Waals surface area contributed by atoms with E-state index in [0.29, 0.717) is 22.3 Å². The molecular weight excluding hydrogens is 782 g/mol. The first-order chi connectivity index (χ1) is 23.4. The number of hydrogen-bond acceptors (Lipinski definition) is 10. The Morgan fingerprint density at radius 2 is 0.673 bits per heavy atom. The van der Waals surface area contributed by atoms with Gasteiger partial charge in [-0.2, -0.15) is 26.3 Å². The molecule has 0 amide bonds. The van der Waals surface area contributed by atoms with E-state index < -0.39 is 60.5 Å². The molecule has 10 nitrogen and oxygen atoms in total. The molecule has 1 aliphatic heterocycles. The van der Waals surface area contributed by atoms with Crippen molar-refractivity contribution in [1.82, 2.24) is 0 Å². The van der Waals surface area contributed by atoms with Gasteiger partial charge in [0.05, 0.1) is 12.2 Å². The van der Waals surface area contributed by atoms with Gasteiger partial charge in [0, 0.05) is 0 Å². The fourth-order valence-electron chi connectivity index (χ4n) is 5.09. The van der Waals surface area contributed by atoms with Crippen LogP contribution in [-0.2, 0) is 62.6 Å². The fraction of sp³-hybridized carbons (Fsp3) is 0.273. The molecule has 4 aromatic rings. The Labute approximate surface area is 310 Å². The Kier molecular flexibility index (Phi) is 14.6. The van der Waals surface area contributed by atoms with Crippen LogP contribution in [0.25, 0.3) is 0 Å². The Bertz CT molecular complexity index is 1710. The molecule has 1 aliphatic rings. The molecule has 278 valence electrons. The maximum absolute atomic E-state index is 15.2. The fourth-order valence-corrected chi connectivity index (χ4v) is 5.09. The van der Waals surface area contributed by atoms with E-state index in [1.165, 1.54) is 0 Å². The number of rotatable bonds is 6. The van der Waals surface area contributed by atoms with Crippen LogP contribution in [0, 0.1) is 0 Å². The van der Waals surface area contributed by atoms with Gasteiger partial charge in [-0.15, -0.1) is 0 Å². The van der Waals surface area contributed by atoms with Crippen molar-refractivity contribution in [3.05, 3.63) is 144 Å². The maximum atomic E-state index is 15.2. The molecule has 19 heteroatoms. The Hall–Kier alpha value is -3.17. The SMILES string of the molecule is CC1(C)O[C@@H](C([O-])(c2ccccc2)c2ccccc2)[C@H](C([O-])(c2ccccc2)c2ccccc2)O1.O=S(=O)([O-])C(F)(F)F.O=S(=O)([O-])C(F)(F)F.[Ti+4]. The predicted octanol–water partition coefficient (Wildman–Crippen LogP) is 4.22. The van der Waals surface area contributed by atoms with Gasteiger partial charge in [0.2, 0.25) is 0 Å². The Morgan fingerprint density at radius 1 is 0.500 bits per heavy atom. The molecule has 0 saturated carbocycles. The summed E-state index contributed by atoms with van der Waals surface area (Å²) in [6, 6.07) is 36.5. The predicted molar refractivity (Wildman–Crippen MR) is 163 cm³/mol. The summed E-state index contributed by atoms with van der Waals surface area (Å²) >= 11 is 0. The number of halogens is 6. The van der Waals surface area contributed by atoms with Gasteiger partial charge >= 0.3 is 32.7 Å². The number of ether oxygens (including phenoxy) is 2. The molecule has 0 bridgehead atoms. The zero-order valence-corrected chi connectivity index (χ0v) is 30.1. The molecule has 0 radical (unpaired) electrons. The number of alkyl halides is 6. The molecule has 1 heterocycles. The topological polar surface area (TPSA) is 179 Å². The van der Waals surface area contributed by atoms with Crippen molar-refractivity contribution in [1.29, 1.82) is 0 Å². The van der Waals surface area contributed by atoms with Crippen molar-refractivity contribution in [3.8, 4) is 0 Å². The molecule has 1 saturated heterocycles. The first-order valence-corrected chi connectivity index (χ1v) is 17.2. The van der Waals surface area contributed by atoms with Crippen LogP contribution < -0.4 is 10.2 Å². The smallest absolute Gasteiger partial charge is 0.841 e. The minimum Gasteiger partial charge on any atom is -0.841 e. The monoisotopic (exact) mass is 810 g/mol. The van der Waals surface area contributed by atoms with Crippen LogP contribution in [-0.4, -0.2) is 55.0 Å². The summed E-state index contributed by atoms with van der Waals surface area (Å²) in [6.45, 7) is 3.51. The minimum absolute atomic E-state index is 0. The molecule has 0 aliphatic carbocycles. The summed E-state index contributed by atoms with van der Waals surface area (Å²) in [5, 5.41) is 30.3. The zero-order chi connectivity index (χ0) is 38.5. The van der Waals surface area contributed by atoms with Gasteiger partial charge in [0.25, 0.3) is 0 Å². The third-order valence-electron chi connectivity index (χ3n) is 7.28. The Balaban J connectivity index is 0.000000462. The van der Waals surface area contributed by atoms with Gasteiger partial charge in [0.1, 0.15) is 0 Å². The van der Waals surface area contributed by atoms with E-state index in [1.54, 1.807) is 62.4 Å². The first kappa shape index (κ1) is 45.0. The van der Waals surface area contributed by atoms with E-state index in [1.807, 2.05) is 72.8 Å². The van der Waals surface area contributed by atoms with Crippen LogP contribution in [0.1, 0.15) is 36.1 Å². The van der Waals surface area contributed by atoms with Crippen molar-refractivity contribution in [2.75, 3.05) is 0 Å². The van der Waals surface area contributed by atoms with Gasteiger partial charge in [-0.05, 0) is 25.0 Å². The van der Waals surface area contributed by atoms with E-state index in [2.05, 4.69) is 0 Å². The minimum atomic E-state index is -6.09. The molecule has 0 spiro atoms. The van der Waals surface area contributed by atoms with Crippen molar-refractivity contribution in [3.63, 3.8) is 0 Å². The summed E-state index contributed by atoms with van der Waals surface area (Å²) in [4.78, 5) is 0. The molecular formula is C33H28F6O10S2Ti. The average Bonchev–Trinajstić information content (AvgIpc) is 3.40. The van der Waals surface area contributed by atoms with E-state index >= 15 is 10.2 Å². The normalized spacial score (nSPS) is 17.8. The van der Waals surface area contributed by atoms with Gasteiger partial charge < -0.3 is 28.8 Å². The summed E-state index contributed by atoms with van der Waals surface area (Å²) in [5.41, 5.74) is -13.0. The average molecular weight is 811 g/mol.